The molecule has 114 valence electrons. The Bertz CT molecular complexity index is 534. The Hall–Kier alpha value is -0.430. The summed E-state index contributed by atoms with van der Waals surface area (Å²) in [6.07, 6.45) is 2.44. The second kappa shape index (κ2) is 8.12. The Morgan fingerprint density at radius 3 is 2.65 bits per heavy atom. The first-order valence-electron chi connectivity index (χ1n) is 6.15. The Morgan fingerprint density at radius 1 is 1.40 bits per heavy atom. The lowest BCUT2D eigenvalue weighted by Crippen LogP contribution is -2.29. The van der Waals surface area contributed by atoms with E-state index in [0.717, 1.165) is 5.75 Å². The topological polar surface area (TPSA) is 46.6 Å². The molecule has 0 saturated heterocycles. The van der Waals surface area contributed by atoms with E-state index in [9.17, 15) is 8.42 Å². The van der Waals surface area contributed by atoms with Gasteiger partial charge >= 0.3 is 0 Å². The van der Waals surface area contributed by atoms with E-state index in [4.69, 9.17) is 16.3 Å². The Kier molecular flexibility index (Phi) is 7.15. The quantitative estimate of drug-likeness (QED) is 0.684. The van der Waals surface area contributed by atoms with Gasteiger partial charge in [-0.05, 0) is 36.4 Å². The third kappa shape index (κ3) is 4.28. The molecule has 20 heavy (non-hydrogen) atoms. The zero-order chi connectivity index (χ0) is 15.2. The molecule has 4 nitrogen and oxygen atoms in total. The first kappa shape index (κ1) is 17.6. The van der Waals surface area contributed by atoms with Crippen LogP contribution in [0, 0.1) is 0 Å². The molecule has 0 N–H and O–H groups in total. The number of rotatable bonds is 8. The fourth-order valence-electron chi connectivity index (χ4n) is 1.74. The molecule has 0 spiro atoms. The molecule has 0 saturated carbocycles. The molecular formula is C13H20ClNO3S2. The van der Waals surface area contributed by atoms with Crippen LogP contribution in [0.5, 0.6) is 5.75 Å². The van der Waals surface area contributed by atoms with Crippen molar-refractivity contribution in [2.45, 2.75) is 11.3 Å². The van der Waals surface area contributed by atoms with E-state index >= 15 is 0 Å². The van der Waals surface area contributed by atoms with Crippen molar-refractivity contribution in [3.05, 3.63) is 23.8 Å². The number of nitrogens with zero attached hydrogens (tertiary/aromatic N) is 1. The third-order valence-electron chi connectivity index (χ3n) is 2.93. The number of ether oxygens (including phenoxy) is 1. The second-order valence-electron chi connectivity index (χ2n) is 4.23. The summed E-state index contributed by atoms with van der Waals surface area (Å²) in [6.45, 7) is 0.482. The average molecular weight is 338 g/mol. The maximum atomic E-state index is 12.6. The second-order valence-corrected chi connectivity index (χ2v) is 7.61. The standard InChI is InChI=1S/C13H20ClNO3S2/c1-15(8-9-19-3)20(16,17)13-5-4-12(18-2)10-11(13)6-7-14/h4-5,10H,6-9H2,1-3H3. The van der Waals surface area contributed by atoms with E-state index in [1.54, 1.807) is 44.1 Å². The molecule has 7 heteroatoms. The van der Waals surface area contributed by atoms with Gasteiger partial charge in [0.1, 0.15) is 5.75 Å². The van der Waals surface area contributed by atoms with Gasteiger partial charge in [-0.2, -0.15) is 11.8 Å². The normalized spacial score (nSPS) is 11.8. The van der Waals surface area contributed by atoms with Crippen LogP contribution in [0.3, 0.4) is 0 Å². The SMILES string of the molecule is COc1ccc(S(=O)(=O)N(C)CCSC)c(CCCl)c1. The van der Waals surface area contributed by atoms with E-state index in [2.05, 4.69) is 0 Å². The number of benzene rings is 1. The van der Waals surface area contributed by atoms with Crippen molar-refractivity contribution in [1.29, 1.82) is 0 Å². The smallest absolute Gasteiger partial charge is 0.243 e. The van der Waals surface area contributed by atoms with E-state index in [1.165, 1.54) is 4.31 Å². The largest absolute Gasteiger partial charge is 0.497 e. The van der Waals surface area contributed by atoms with E-state index in [-0.39, 0.29) is 0 Å². The highest BCUT2D eigenvalue weighted by atomic mass is 35.5. The highest BCUT2D eigenvalue weighted by Gasteiger charge is 2.23. The van der Waals surface area contributed by atoms with Crippen molar-refractivity contribution in [3.8, 4) is 5.75 Å². The van der Waals surface area contributed by atoms with Gasteiger partial charge in [0.05, 0.1) is 12.0 Å². The molecule has 0 heterocycles. The van der Waals surface area contributed by atoms with Crippen LogP contribution in [0.15, 0.2) is 23.1 Å². The van der Waals surface area contributed by atoms with Crippen LogP contribution >= 0.6 is 23.4 Å². The van der Waals surface area contributed by atoms with Crippen LogP contribution in [0.1, 0.15) is 5.56 Å². The van der Waals surface area contributed by atoms with Crippen molar-refractivity contribution in [2.75, 3.05) is 38.6 Å². The minimum Gasteiger partial charge on any atom is -0.497 e. The summed E-state index contributed by atoms with van der Waals surface area (Å²) in [5.41, 5.74) is 0.690. The fraction of sp³-hybridized carbons (Fsp3) is 0.538. The van der Waals surface area contributed by atoms with Crippen LogP contribution in [0.4, 0.5) is 0 Å². The number of aryl methyl sites for hydroxylation is 1. The molecule has 1 rings (SSSR count). The molecule has 0 fully saturated rings. The predicted octanol–water partition coefficient (Wildman–Crippen LogP) is 2.46. The Morgan fingerprint density at radius 2 is 2.10 bits per heavy atom. The number of alkyl halides is 1. The average Bonchev–Trinajstić information content (AvgIpc) is 2.44. The zero-order valence-corrected chi connectivity index (χ0v) is 14.3. The number of hydrogen-bond acceptors (Lipinski definition) is 4. The molecule has 0 unspecified atom stereocenters. The third-order valence-corrected chi connectivity index (χ3v) is 5.67. The molecule has 0 aliphatic carbocycles. The lowest BCUT2D eigenvalue weighted by Gasteiger charge is -2.19. The summed E-state index contributed by atoms with van der Waals surface area (Å²) in [7, 11) is -0.332. The molecule has 0 aliphatic heterocycles. The van der Waals surface area contributed by atoms with E-state index in [0.29, 0.717) is 35.1 Å². The predicted molar refractivity (Wildman–Crippen MR) is 85.6 cm³/mol. The molecule has 0 bridgehead atoms. The Labute approximate surface area is 130 Å². The Balaban J connectivity index is 3.16. The molecule has 0 amide bonds. The summed E-state index contributed by atoms with van der Waals surface area (Å²) in [5, 5.41) is 0. The molecule has 1 aromatic carbocycles. The number of thioether (sulfide) groups is 1. The van der Waals surface area contributed by atoms with Gasteiger partial charge in [-0.3, -0.25) is 0 Å². The van der Waals surface area contributed by atoms with Crippen molar-refractivity contribution < 1.29 is 13.2 Å². The minimum absolute atomic E-state index is 0.308. The zero-order valence-electron chi connectivity index (χ0n) is 11.9. The van der Waals surface area contributed by atoms with Gasteiger partial charge in [0.2, 0.25) is 10.0 Å². The van der Waals surface area contributed by atoms with Gasteiger partial charge in [0.15, 0.2) is 0 Å². The molecule has 1 aromatic rings. The number of halogens is 1. The number of hydrogen-bond donors (Lipinski definition) is 0. The van der Waals surface area contributed by atoms with Crippen LogP contribution in [0.25, 0.3) is 0 Å². The number of methoxy groups -OCH3 is 1. The van der Waals surface area contributed by atoms with Gasteiger partial charge in [-0.25, -0.2) is 12.7 Å². The van der Waals surface area contributed by atoms with Gasteiger partial charge in [0.25, 0.3) is 0 Å². The van der Waals surface area contributed by atoms with Gasteiger partial charge in [0, 0.05) is 25.2 Å². The molecule has 0 aliphatic rings. The monoisotopic (exact) mass is 337 g/mol. The van der Waals surface area contributed by atoms with E-state index in [1.807, 2.05) is 6.26 Å². The van der Waals surface area contributed by atoms with Crippen LogP contribution in [-0.2, 0) is 16.4 Å². The lowest BCUT2D eigenvalue weighted by molar-refractivity contribution is 0.413. The van der Waals surface area contributed by atoms with E-state index < -0.39 is 10.0 Å². The molecular weight excluding hydrogens is 318 g/mol. The molecule has 0 atom stereocenters. The fourth-order valence-corrected chi connectivity index (χ4v) is 3.91. The van der Waals surface area contributed by atoms with Gasteiger partial charge < -0.3 is 4.74 Å². The first-order chi connectivity index (χ1) is 9.47. The maximum absolute atomic E-state index is 12.6. The van der Waals surface area contributed by atoms with Crippen LogP contribution < -0.4 is 4.74 Å². The van der Waals surface area contributed by atoms with Gasteiger partial charge in [-0.15, -0.1) is 11.6 Å². The highest BCUT2D eigenvalue weighted by molar-refractivity contribution is 7.98. The molecule has 0 aromatic heterocycles. The summed E-state index contributed by atoms with van der Waals surface area (Å²) in [4.78, 5) is 0.308. The van der Waals surface area contributed by atoms with Crippen LogP contribution in [-0.4, -0.2) is 51.3 Å². The summed E-state index contributed by atoms with van der Waals surface area (Å²) >= 11 is 7.38. The van der Waals surface area contributed by atoms with Crippen molar-refractivity contribution >= 4 is 33.4 Å². The minimum atomic E-state index is -3.48. The number of sulfonamides is 1. The lowest BCUT2D eigenvalue weighted by atomic mass is 10.1. The van der Waals surface area contributed by atoms with Gasteiger partial charge in [-0.1, -0.05) is 0 Å². The van der Waals surface area contributed by atoms with Crippen molar-refractivity contribution in [3.63, 3.8) is 0 Å². The summed E-state index contributed by atoms with van der Waals surface area (Å²) in [5.74, 6) is 1.76. The first-order valence-corrected chi connectivity index (χ1v) is 9.52. The molecule has 0 radical (unpaired) electrons. The maximum Gasteiger partial charge on any atom is 0.243 e. The summed E-state index contributed by atoms with van der Waals surface area (Å²) in [6, 6.07) is 4.98. The van der Waals surface area contributed by atoms with Crippen LogP contribution in [0.2, 0.25) is 0 Å². The van der Waals surface area contributed by atoms with Crippen molar-refractivity contribution in [2.24, 2.45) is 0 Å². The summed E-state index contributed by atoms with van der Waals surface area (Å²) < 4.78 is 31.6. The highest BCUT2D eigenvalue weighted by Crippen LogP contribution is 2.25. The van der Waals surface area contributed by atoms with Crippen molar-refractivity contribution in [1.82, 2.24) is 4.31 Å².